The summed E-state index contributed by atoms with van der Waals surface area (Å²) in [5, 5.41) is 13.2. The molecule has 1 aromatic heterocycles. The maximum atomic E-state index is 13.6. The average molecular weight is 566 g/mol. The summed E-state index contributed by atoms with van der Waals surface area (Å²) < 4.78 is 1.64. The Labute approximate surface area is 244 Å². The van der Waals surface area contributed by atoms with Crippen LogP contribution in [0.3, 0.4) is 0 Å². The van der Waals surface area contributed by atoms with Gasteiger partial charge in [0.05, 0.1) is 22.1 Å². The van der Waals surface area contributed by atoms with Crippen molar-refractivity contribution in [3.63, 3.8) is 0 Å². The maximum Gasteiger partial charge on any atom is 0.322 e. The van der Waals surface area contributed by atoms with E-state index in [4.69, 9.17) is 16.7 Å². The fraction of sp³-hybridized carbons (Fsp3) is 0.182. The predicted molar refractivity (Wildman–Crippen MR) is 166 cm³/mol. The SMILES string of the molecule is CC(C)(C)c1cc(NC(=O)CN(Cc2ccccc2)C(=O)Nc2cccc3ccccc23)n(-c2ccccc2Cl)n1. The zero-order valence-corrected chi connectivity index (χ0v) is 24.0. The monoisotopic (exact) mass is 565 g/mol. The number of fused-ring (bicyclic) bond motifs is 1. The minimum absolute atomic E-state index is 0.177. The number of nitrogens with one attached hydrogen (secondary N) is 2. The van der Waals surface area contributed by atoms with Crippen LogP contribution in [-0.2, 0) is 16.8 Å². The summed E-state index contributed by atoms with van der Waals surface area (Å²) in [6, 6.07) is 32.0. The molecular formula is C33H32ClN5O2. The number of benzene rings is 4. The first-order valence-electron chi connectivity index (χ1n) is 13.4. The molecule has 4 aromatic carbocycles. The third kappa shape index (κ3) is 6.58. The van der Waals surface area contributed by atoms with Crippen LogP contribution in [0.4, 0.5) is 16.3 Å². The van der Waals surface area contributed by atoms with Gasteiger partial charge in [-0.15, -0.1) is 0 Å². The number of carbonyl (C=O) groups excluding carboxylic acids is 2. The molecule has 7 nitrogen and oxygen atoms in total. The van der Waals surface area contributed by atoms with E-state index in [-0.39, 0.29) is 30.4 Å². The second kappa shape index (κ2) is 11.9. The van der Waals surface area contributed by atoms with Crippen LogP contribution in [0.15, 0.2) is 103 Å². The molecule has 5 rings (SSSR count). The van der Waals surface area contributed by atoms with Gasteiger partial charge in [0.1, 0.15) is 12.4 Å². The Morgan fingerprint density at radius 2 is 1.54 bits per heavy atom. The van der Waals surface area contributed by atoms with E-state index >= 15 is 0 Å². The second-order valence-corrected chi connectivity index (χ2v) is 11.3. The van der Waals surface area contributed by atoms with Crippen LogP contribution in [0.5, 0.6) is 0 Å². The molecule has 41 heavy (non-hydrogen) atoms. The van der Waals surface area contributed by atoms with Crippen molar-refractivity contribution in [3.8, 4) is 5.69 Å². The zero-order valence-electron chi connectivity index (χ0n) is 23.3. The zero-order chi connectivity index (χ0) is 29.0. The Balaban J connectivity index is 1.42. The molecule has 0 fully saturated rings. The Kier molecular flexibility index (Phi) is 8.08. The van der Waals surface area contributed by atoms with E-state index in [1.165, 1.54) is 4.90 Å². The summed E-state index contributed by atoms with van der Waals surface area (Å²) in [5.74, 6) is 0.116. The Hall–Kier alpha value is -4.62. The smallest absolute Gasteiger partial charge is 0.311 e. The van der Waals surface area contributed by atoms with Gasteiger partial charge in [0.2, 0.25) is 5.91 Å². The van der Waals surface area contributed by atoms with Crippen molar-refractivity contribution in [2.75, 3.05) is 17.2 Å². The van der Waals surface area contributed by atoms with E-state index in [1.807, 2.05) is 97.1 Å². The van der Waals surface area contributed by atoms with Gasteiger partial charge in [-0.3, -0.25) is 4.79 Å². The van der Waals surface area contributed by atoms with E-state index in [9.17, 15) is 9.59 Å². The van der Waals surface area contributed by atoms with Crippen LogP contribution in [-0.4, -0.2) is 33.2 Å². The number of aromatic nitrogens is 2. The van der Waals surface area contributed by atoms with Crippen LogP contribution in [0.2, 0.25) is 5.02 Å². The van der Waals surface area contributed by atoms with Gasteiger partial charge in [-0.25, -0.2) is 9.48 Å². The number of nitrogens with zero attached hydrogens (tertiary/aromatic N) is 3. The Morgan fingerprint density at radius 1 is 0.854 bits per heavy atom. The van der Waals surface area contributed by atoms with E-state index in [1.54, 1.807) is 10.7 Å². The van der Waals surface area contributed by atoms with E-state index in [0.29, 0.717) is 22.2 Å². The molecule has 0 aliphatic heterocycles. The highest BCUT2D eigenvalue weighted by Gasteiger charge is 2.24. The molecule has 0 saturated carbocycles. The van der Waals surface area contributed by atoms with E-state index in [2.05, 4.69) is 31.4 Å². The van der Waals surface area contributed by atoms with Crippen molar-refractivity contribution in [1.29, 1.82) is 0 Å². The van der Waals surface area contributed by atoms with Crippen molar-refractivity contribution < 1.29 is 9.59 Å². The topological polar surface area (TPSA) is 79.3 Å². The van der Waals surface area contributed by atoms with E-state index < -0.39 is 0 Å². The fourth-order valence-electron chi connectivity index (χ4n) is 4.53. The summed E-state index contributed by atoms with van der Waals surface area (Å²) >= 11 is 6.49. The number of carbonyl (C=O) groups is 2. The predicted octanol–water partition coefficient (Wildman–Crippen LogP) is 7.65. The van der Waals surface area contributed by atoms with Crippen LogP contribution < -0.4 is 10.6 Å². The largest absolute Gasteiger partial charge is 0.322 e. The lowest BCUT2D eigenvalue weighted by molar-refractivity contribution is -0.116. The Bertz CT molecular complexity index is 1690. The van der Waals surface area contributed by atoms with Crippen molar-refractivity contribution in [3.05, 3.63) is 119 Å². The normalized spacial score (nSPS) is 11.3. The average Bonchev–Trinajstić information content (AvgIpc) is 3.37. The van der Waals surface area contributed by atoms with Crippen molar-refractivity contribution >= 4 is 45.8 Å². The first-order valence-corrected chi connectivity index (χ1v) is 13.8. The quantitative estimate of drug-likeness (QED) is 0.213. The van der Waals surface area contributed by atoms with Gasteiger partial charge in [0.15, 0.2) is 0 Å². The van der Waals surface area contributed by atoms with Crippen molar-refractivity contribution in [1.82, 2.24) is 14.7 Å². The highest BCUT2D eigenvalue weighted by atomic mass is 35.5. The lowest BCUT2D eigenvalue weighted by Gasteiger charge is -2.23. The van der Waals surface area contributed by atoms with Gasteiger partial charge < -0.3 is 15.5 Å². The summed E-state index contributed by atoms with van der Waals surface area (Å²) in [6.07, 6.45) is 0. The number of para-hydroxylation sites is 1. The van der Waals surface area contributed by atoms with Crippen molar-refractivity contribution in [2.24, 2.45) is 0 Å². The van der Waals surface area contributed by atoms with Gasteiger partial charge in [-0.2, -0.15) is 5.10 Å². The van der Waals surface area contributed by atoms with Gasteiger partial charge in [-0.05, 0) is 29.1 Å². The number of hydrogen-bond donors (Lipinski definition) is 2. The molecule has 3 amide bonds. The maximum absolute atomic E-state index is 13.6. The first kappa shape index (κ1) is 27.9. The van der Waals surface area contributed by atoms with Crippen LogP contribution in [0.25, 0.3) is 16.5 Å². The number of halogens is 1. The minimum atomic E-state index is -0.379. The molecule has 1 heterocycles. The molecular weight excluding hydrogens is 534 g/mol. The molecule has 208 valence electrons. The lowest BCUT2D eigenvalue weighted by Crippen LogP contribution is -2.40. The Morgan fingerprint density at radius 3 is 2.29 bits per heavy atom. The number of urea groups is 1. The second-order valence-electron chi connectivity index (χ2n) is 10.9. The summed E-state index contributed by atoms with van der Waals surface area (Å²) in [6.45, 7) is 6.23. The molecule has 2 N–H and O–H groups in total. The van der Waals surface area contributed by atoms with E-state index in [0.717, 1.165) is 22.0 Å². The van der Waals surface area contributed by atoms with Gasteiger partial charge in [0, 0.05) is 23.4 Å². The summed E-state index contributed by atoms with van der Waals surface area (Å²) in [4.78, 5) is 28.6. The first-order chi connectivity index (χ1) is 19.7. The molecule has 0 bridgehead atoms. The molecule has 0 aliphatic carbocycles. The number of rotatable bonds is 7. The van der Waals surface area contributed by atoms with Crippen molar-refractivity contribution in [2.45, 2.75) is 32.7 Å². The number of amides is 3. The lowest BCUT2D eigenvalue weighted by atomic mass is 9.92. The highest BCUT2D eigenvalue weighted by molar-refractivity contribution is 6.32. The van der Waals surface area contributed by atoms with Crippen LogP contribution >= 0.6 is 11.6 Å². The summed E-state index contributed by atoms with van der Waals surface area (Å²) in [7, 11) is 0. The third-order valence-corrected chi connectivity index (χ3v) is 7.01. The summed E-state index contributed by atoms with van der Waals surface area (Å²) in [5.41, 5.74) is 2.77. The van der Waals surface area contributed by atoms with Gasteiger partial charge >= 0.3 is 6.03 Å². The highest BCUT2D eigenvalue weighted by Crippen LogP contribution is 2.29. The number of hydrogen-bond acceptors (Lipinski definition) is 3. The molecule has 0 saturated heterocycles. The standard InChI is InChI=1S/C33H32ClN5O2/c1-33(2,3)29-20-30(39(37-29)28-19-10-9-17-26(28)34)36-31(40)22-38(21-23-12-5-4-6-13-23)32(41)35-27-18-11-15-24-14-7-8-16-25(24)27/h4-20H,21-22H2,1-3H3,(H,35,41)(H,36,40). The molecule has 0 unspecified atom stereocenters. The van der Waals surface area contributed by atoms with Crippen LogP contribution in [0, 0.1) is 0 Å². The third-order valence-electron chi connectivity index (χ3n) is 6.70. The van der Waals surface area contributed by atoms with Crippen LogP contribution in [0.1, 0.15) is 32.0 Å². The number of anilines is 2. The molecule has 0 spiro atoms. The molecule has 8 heteroatoms. The molecule has 0 radical (unpaired) electrons. The fourth-order valence-corrected chi connectivity index (χ4v) is 4.75. The molecule has 0 atom stereocenters. The molecule has 5 aromatic rings. The molecule has 0 aliphatic rings. The van der Waals surface area contributed by atoms with Gasteiger partial charge in [-0.1, -0.05) is 111 Å². The van der Waals surface area contributed by atoms with Gasteiger partial charge in [0.25, 0.3) is 0 Å². The minimum Gasteiger partial charge on any atom is -0.311 e.